The van der Waals surface area contributed by atoms with Crippen molar-refractivity contribution in [2.45, 2.75) is 13.5 Å². The number of fused-ring (bicyclic) bond motifs is 3. The van der Waals surface area contributed by atoms with Crippen LogP contribution in [0.15, 0.2) is 53.7 Å². The third-order valence-corrected chi connectivity index (χ3v) is 4.23. The van der Waals surface area contributed by atoms with Crippen LogP contribution in [-0.2, 0) is 6.54 Å². The fourth-order valence-corrected chi connectivity index (χ4v) is 3.13. The first-order valence-corrected chi connectivity index (χ1v) is 7.66. The van der Waals surface area contributed by atoms with E-state index in [4.69, 9.17) is 11.6 Å². The van der Waals surface area contributed by atoms with Gasteiger partial charge in [-0.2, -0.15) is 0 Å². The summed E-state index contributed by atoms with van der Waals surface area (Å²) in [5, 5.41) is 0.592. The monoisotopic (exact) mass is 397 g/mol. The van der Waals surface area contributed by atoms with E-state index in [-0.39, 0.29) is 30.6 Å². The fraction of sp³-hybridized carbons (Fsp3) is 0.111. The summed E-state index contributed by atoms with van der Waals surface area (Å²) < 4.78 is 16.3. The van der Waals surface area contributed by atoms with Crippen LogP contribution in [0.4, 0.5) is 4.39 Å². The van der Waals surface area contributed by atoms with E-state index in [0.29, 0.717) is 22.8 Å². The Morgan fingerprint density at radius 1 is 1.08 bits per heavy atom. The number of halogens is 4. The van der Waals surface area contributed by atoms with E-state index in [0.717, 1.165) is 22.8 Å². The summed E-state index contributed by atoms with van der Waals surface area (Å²) in [6.07, 6.45) is 1.81. The summed E-state index contributed by atoms with van der Waals surface area (Å²) >= 11 is 6.19. The minimum Gasteiger partial charge on any atom is -0.298 e. The molecule has 0 amide bonds. The summed E-state index contributed by atoms with van der Waals surface area (Å²) in [4.78, 5) is 9.01. The van der Waals surface area contributed by atoms with Gasteiger partial charge >= 0.3 is 0 Å². The number of hydrogen-bond donors (Lipinski definition) is 0. The van der Waals surface area contributed by atoms with Crippen LogP contribution in [0.3, 0.4) is 0 Å². The van der Waals surface area contributed by atoms with Crippen LogP contribution in [-0.4, -0.2) is 15.3 Å². The third-order valence-electron chi connectivity index (χ3n) is 3.99. The molecule has 4 rings (SSSR count). The molecule has 0 bridgehead atoms. The van der Waals surface area contributed by atoms with Crippen LogP contribution in [0.1, 0.15) is 22.6 Å². The average Bonchev–Trinajstić information content (AvgIpc) is 2.82. The smallest absolute Gasteiger partial charge is 0.132 e. The van der Waals surface area contributed by atoms with E-state index >= 15 is 0 Å². The van der Waals surface area contributed by atoms with E-state index in [1.807, 2.05) is 42.0 Å². The number of benzene rings is 2. The van der Waals surface area contributed by atoms with E-state index in [9.17, 15) is 4.39 Å². The van der Waals surface area contributed by atoms with E-state index < -0.39 is 0 Å². The maximum atomic E-state index is 14.3. The van der Waals surface area contributed by atoms with Gasteiger partial charge in [0.05, 0.1) is 29.8 Å². The van der Waals surface area contributed by atoms with Gasteiger partial charge in [-0.1, -0.05) is 23.7 Å². The van der Waals surface area contributed by atoms with Crippen molar-refractivity contribution in [1.82, 2.24) is 9.55 Å². The predicted octanol–water partition coefficient (Wildman–Crippen LogP) is 5.17. The number of rotatable bonds is 1. The molecule has 0 fully saturated rings. The van der Waals surface area contributed by atoms with Crippen molar-refractivity contribution < 1.29 is 4.39 Å². The maximum Gasteiger partial charge on any atom is 0.132 e. The molecule has 1 aliphatic heterocycles. The number of nitrogens with zero attached hydrogens (tertiary/aromatic N) is 3. The highest BCUT2D eigenvalue weighted by Gasteiger charge is 2.22. The molecule has 0 saturated carbocycles. The van der Waals surface area contributed by atoms with Gasteiger partial charge < -0.3 is 0 Å². The van der Waals surface area contributed by atoms with Crippen molar-refractivity contribution in [3.8, 4) is 5.69 Å². The second-order valence-electron chi connectivity index (χ2n) is 5.44. The largest absolute Gasteiger partial charge is 0.298 e. The van der Waals surface area contributed by atoms with Gasteiger partial charge in [0.15, 0.2) is 0 Å². The van der Waals surface area contributed by atoms with Gasteiger partial charge in [-0.05, 0) is 37.3 Å². The van der Waals surface area contributed by atoms with Crippen molar-refractivity contribution in [2.24, 2.45) is 4.99 Å². The Morgan fingerprint density at radius 3 is 2.60 bits per heavy atom. The highest BCUT2D eigenvalue weighted by Crippen LogP contribution is 2.29. The summed E-state index contributed by atoms with van der Waals surface area (Å²) in [5.41, 5.74) is 3.79. The van der Waals surface area contributed by atoms with Gasteiger partial charge in [0.2, 0.25) is 0 Å². The van der Waals surface area contributed by atoms with E-state index in [1.165, 1.54) is 6.07 Å². The number of aromatic nitrogens is 2. The Hall–Kier alpha value is -1.88. The number of hydrogen-bond acceptors (Lipinski definition) is 2. The second kappa shape index (κ2) is 7.56. The van der Waals surface area contributed by atoms with Crippen LogP contribution in [0.25, 0.3) is 5.69 Å². The number of aryl methyl sites for hydroxylation is 1. The number of imidazole rings is 1. The van der Waals surface area contributed by atoms with Crippen molar-refractivity contribution in [1.29, 1.82) is 0 Å². The minimum atomic E-state index is -0.293. The van der Waals surface area contributed by atoms with Crippen LogP contribution < -0.4 is 0 Å². The van der Waals surface area contributed by atoms with Gasteiger partial charge in [-0.3, -0.25) is 9.56 Å². The molecule has 1 aromatic heterocycles. The first-order valence-electron chi connectivity index (χ1n) is 7.28. The Kier molecular flexibility index (Phi) is 5.88. The normalized spacial score (nSPS) is 12.0. The Labute approximate surface area is 162 Å². The highest BCUT2D eigenvalue weighted by atomic mass is 35.5. The van der Waals surface area contributed by atoms with Crippen molar-refractivity contribution >= 4 is 42.1 Å². The minimum absolute atomic E-state index is 0. The predicted molar refractivity (Wildman–Crippen MR) is 104 cm³/mol. The fourth-order valence-electron chi connectivity index (χ4n) is 2.95. The lowest BCUT2D eigenvalue weighted by Gasteiger charge is -2.14. The quantitative estimate of drug-likeness (QED) is 0.556. The van der Waals surface area contributed by atoms with Crippen molar-refractivity contribution in [3.63, 3.8) is 0 Å². The molecule has 3 nitrogen and oxygen atoms in total. The molecule has 0 unspecified atom stereocenters. The Balaban J connectivity index is 0.00000113. The third kappa shape index (κ3) is 3.30. The first-order chi connectivity index (χ1) is 11.1. The van der Waals surface area contributed by atoms with Gasteiger partial charge in [0, 0.05) is 16.1 Å². The molecule has 7 heteroatoms. The molecule has 0 atom stereocenters. The second-order valence-corrected chi connectivity index (χ2v) is 5.87. The van der Waals surface area contributed by atoms with Crippen molar-refractivity contribution in [2.75, 3.05) is 0 Å². The van der Waals surface area contributed by atoms with Gasteiger partial charge in [-0.25, -0.2) is 9.37 Å². The van der Waals surface area contributed by atoms with Gasteiger partial charge in [0.1, 0.15) is 11.6 Å². The highest BCUT2D eigenvalue weighted by molar-refractivity contribution is 6.31. The molecule has 0 spiro atoms. The zero-order valence-electron chi connectivity index (χ0n) is 13.2. The zero-order chi connectivity index (χ0) is 16.0. The Bertz CT molecular complexity index is 950. The molecule has 0 N–H and O–H groups in total. The standard InChI is InChI=1S/C18H13ClFN3.2ClH/c1-11-21-9-13-10-22-18(14-4-2-3-5-16(14)20)15-8-12(19)6-7-17(15)23(11)13;;/h2-9H,10H2,1H3;2*1H. The summed E-state index contributed by atoms with van der Waals surface area (Å²) in [5.74, 6) is 0.576. The molecule has 2 heterocycles. The molecule has 0 radical (unpaired) electrons. The van der Waals surface area contributed by atoms with Gasteiger partial charge in [0.25, 0.3) is 0 Å². The lowest BCUT2D eigenvalue weighted by Crippen LogP contribution is -2.09. The number of aliphatic imine (C=N–C) groups is 1. The lowest BCUT2D eigenvalue weighted by molar-refractivity contribution is 0.625. The average molecular weight is 399 g/mol. The molecular formula is C18H15Cl3FN3. The van der Waals surface area contributed by atoms with Crippen LogP contribution in [0.2, 0.25) is 5.02 Å². The van der Waals surface area contributed by atoms with Gasteiger partial charge in [-0.15, -0.1) is 24.8 Å². The van der Waals surface area contributed by atoms with Crippen LogP contribution in [0.5, 0.6) is 0 Å². The first kappa shape index (κ1) is 19.4. The maximum absolute atomic E-state index is 14.3. The zero-order valence-corrected chi connectivity index (χ0v) is 15.6. The van der Waals surface area contributed by atoms with Crippen molar-refractivity contribution in [3.05, 3.63) is 82.1 Å². The SMILES string of the molecule is Cc1ncc2n1-c1ccc(Cl)cc1C(c1ccccc1F)=NC2.Cl.Cl. The molecule has 0 saturated heterocycles. The van der Waals surface area contributed by atoms with Crippen LogP contribution >= 0.6 is 36.4 Å². The summed E-state index contributed by atoms with van der Waals surface area (Å²) in [6, 6.07) is 12.3. The molecule has 25 heavy (non-hydrogen) atoms. The molecule has 3 aromatic rings. The molecule has 2 aromatic carbocycles. The molecular weight excluding hydrogens is 384 g/mol. The molecule has 0 aliphatic carbocycles. The molecule has 1 aliphatic rings. The van der Waals surface area contributed by atoms with Crippen LogP contribution in [0, 0.1) is 12.7 Å². The van der Waals surface area contributed by atoms with E-state index in [1.54, 1.807) is 12.1 Å². The Morgan fingerprint density at radius 2 is 1.84 bits per heavy atom. The molecule has 130 valence electrons. The summed E-state index contributed by atoms with van der Waals surface area (Å²) in [7, 11) is 0. The summed E-state index contributed by atoms with van der Waals surface area (Å²) in [6.45, 7) is 2.38. The topological polar surface area (TPSA) is 30.2 Å². The van der Waals surface area contributed by atoms with E-state index in [2.05, 4.69) is 9.98 Å². The lowest BCUT2D eigenvalue weighted by atomic mass is 10.00.